The molecule has 0 radical (unpaired) electrons. The molecule has 2 unspecified atom stereocenters. The van der Waals surface area contributed by atoms with E-state index in [1.54, 1.807) is 14.2 Å². The molecule has 0 aliphatic carbocycles. The van der Waals surface area contributed by atoms with Crippen LogP contribution in [-0.4, -0.2) is 62.3 Å². The highest BCUT2D eigenvalue weighted by Crippen LogP contribution is 2.42. The topological polar surface area (TPSA) is 42.0 Å². The Morgan fingerprint density at radius 1 is 1.15 bits per heavy atom. The maximum Gasteiger partial charge on any atom is 0.223 e. The second kappa shape index (κ2) is 7.06. The second-order valence-corrected chi connectivity index (χ2v) is 7.67. The van der Waals surface area contributed by atoms with Crippen molar-refractivity contribution in [3.8, 4) is 11.5 Å². The van der Waals surface area contributed by atoms with Crippen LogP contribution in [0, 0.1) is 5.92 Å². The van der Waals surface area contributed by atoms with E-state index in [0.717, 1.165) is 43.9 Å². The molecule has 1 amide bonds. The number of nitrogens with zero attached hydrogens (tertiary/aromatic N) is 2. The van der Waals surface area contributed by atoms with Gasteiger partial charge in [-0.05, 0) is 42.5 Å². The summed E-state index contributed by atoms with van der Waals surface area (Å²) in [5.74, 6) is 1.57. The molecule has 1 aromatic rings. The average molecular weight is 362 g/mol. The van der Waals surface area contributed by atoms with E-state index in [0.29, 0.717) is 19.0 Å². The van der Waals surface area contributed by atoms with Gasteiger partial charge in [0.05, 0.1) is 20.9 Å². The number of rotatable bonds is 4. The summed E-state index contributed by atoms with van der Waals surface area (Å²) in [7, 11) is 3.34. The van der Waals surface area contributed by atoms with E-state index in [4.69, 9.17) is 9.47 Å². The molecule has 2 saturated heterocycles. The number of carbonyl (C=O) groups is 1. The Labute approximate surface area is 154 Å². The van der Waals surface area contributed by atoms with Gasteiger partial charge < -0.3 is 14.4 Å². The van der Waals surface area contributed by atoms with Crippen LogP contribution in [0.1, 0.15) is 36.4 Å². The van der Waals surface area contributed by atoms with Crippen LogP contribution in [0.2, 0.25) is 0 Å². The summed E-state index contributed by atoms with van der Waals surface area (Å²) in [5.41, 5.74) is 2.65. The molecule has 6 heteroatoms. The maximum atomic E-state index is 13.0. The first-order valence-corrected chi connectivity index (χ1v) is 9.48. The number of hydrogen-bond donors (Lipinski definition) is 0. The Hall–Kier alpha value is -1.82. The minimum absolute atomic E-state index is 0.112. The monoisotopic (exact) mass is 362 g/mol. The van der Waals surface area contributed by atoms with Gasteiger partial charge in [-0.25, -0.2) is 0 Å². The van der Waals surface area contributed by atoms with Crippen LogP contribution in [0.15, 0.2) is 12.1 Å². The molecule has 0 aromatic heterocycles. The van der Waals surface area contributed by atoms with Gasteiger partial charge in [-0.3, -0.25) is 14.1 Å². The summed E-state index contributed by atoms with van der Waals surface area (Å²) in [5, 5.41) is 0. The quantitative estimate of drug-likeness (QED) is 0.826. The minimum Gasteiger partial charge on any atom is -0.493 e. The van der Waals surface area contributed by atoms with Crippen molar-refractivity contribution in [2.75, 3.05) is 40.5 Å². The number of hydrogen-bond acceptors (Lipinski definition) is 4. The lowest BCUT2D eigenvalue weighted by atomic mass is 9.85. The lowest BCUT2D eigenvalue weighted by Crippen LogP contribution is -2.51. The fourth-order valence-corrected chi connectivity index (χ4v) is 4.87. The Kier molecular flexibility index (Phi) is 4.78. The molecule has 3 heterocycles. The maximum absolute atomic E-state index is 13.0. The van der Waals surface area contributed by atoms with Gasteiger partial charge in [0.2, 0.25) is 5.91 Å². The zero-order valence-corrected chi connectivity index (χ0v) is 15.5. The van der Waals surface area contributed by atoms with E-state index in [1.165, 1.54) is 11.1 Å². The van der Waals surface area contributed by atoms with Gasteiger partial charge in [-0.15, -0.1) is 0 Å². The normalized spacial score (nSPS) is 28.7. The van der Waals surface area contributed by atoms with Crippen molar-refractivity contribution in [3.05, 3.63) is 23.3 Å². The summed E-state index contributed by atoms with van der Waals surface area (Å²) in [6, 6.07) is 4.81. The number of methoxy groups -OCH3 is 2. The average Bonchev–Trinajstić information content (AvgIpc) is 3.07. The number of alkyl halides is 1. The zero-order chi connectivity index (χ0) is 18.3. The van der Waals surface area contributed by atoms with E-state index in [-0.39, 0.29) is 17.9 Å². The number of carbonyl (C=O) groups excluding carboxylic acids is 1. The van der Waals surface area contributed by atoms with Crippen LogP contribution < -0.4 is 9.47 Å². The van der Waals surface area contributed by atoms with E-state index in [1.807, 2.05) is 4.90 Å². The highest BCUT2D eigenvalue weighted by Gasteiger charge is 2.40. The molecule has 26 heavy (non-hydrogen) atoms. The van der Waals surface area contributed by atoms with Crippen molar-refractivity contribution in [2.24, 2.45) is 5.92 Å². The molecule has 1 aromatic carbocycles. The fraction of sp³-hybridized carbons (Fsp3) is 0.650. The third kappa shape index (κ3) is 2.94. The molecule has 0 N–H and O–H groups in total. The lowest BCUT2D eigenvalue weighted by molar-refractivity contribution is -0.131. The molecule has 0 saturated carbocycles. The molecular formula is C20H27FN2O3. The van der Waals surface area contributed by atoms with Crippen LogP contribution in [0.25, 0.3) is 0 Å². The van der Waals surface area contributed by atoms with Gasteiger partial charge in [0.1, 0.15) is 0 Å². The fourth-order valence-electron chi connectivity index (χ4n) is 4.87. The number of fused-ring (bicyclic) bond motifs is 3. The molecular weight excluding hydrogens is 335 g/mol. The molecule has 0 spiro atoms. The number of piperidine rings is 1. The van der Waals surface area contributed by atoms with Crippen molar-refractivity contribution >= 4 is 5.91 Å². The summed E-state index contributed by atoms with van der Waals surface area (Å²) in [6.45, 7) is 2.05. The molecule has 142 valence electrons. The Morgan fingerprint density at radius 3 is 2.62 bits per heavy atom. The molecule has 5 nitrogen and oxygen atoms in total. The molecule has 0 bridgehead atoms. The lowest BCUT2D eigenvalue weighted by Gasteiger charge is -2.46. The number of amides is 1. The minimum atomic E-state index is -0.393. The Balaban J connectivity index is 1.52. The van der Waals surface area contributed by atoms with Gasteiger partial charge in [0.15, 0.2) is 11.5 Å². The van der Waals surface area contributed by atoms with E-state index < -0.39 is 6.67 Å². The Morgan fingerprint density at radius 2 is 1.92 bits per heavy atom. The van der Waals surface area contributed by atoms with E-state index in [2.05, 4.69) is 17.0 Å². The second-order valence-electron chi connectivity index (χ2n) is 7.67. The van der Waals surface area contributed by atoms with Crippen LogP contribution in [-0.2, 0) is 11.2 Å². The number of likely N-dealkylation sites (tertiary alicyclic amines) is 1. The zero-order valence-electron chi connectivity index (χ0n) is 15.5. The first-order valence-electron chi connectivity index (χ1n) is 9.48. The summed E-state index contributed by atoms with van der Waals surface area (Å²) < 4.78 is 23.9. The first-order chi connectivity index (χ1) is 12.6. The largest absolute Gasteiger partial charge is 0.493 e. The van der Waals surface area contributed by atoms with E-state index >= 15 is 0 Å². The van der Waals surface area contributed by atoms with E-state index in [9.17, 15) is 9.18 Å². The predicted octanol–water partition coefficient (Wildman–Crippen LogP) is 2.58. The van der Waals surface area contributed by atoms with Crippen LogP contribution in [0.5, 0.6) is 11.5 Å². The third-order valence-electron chi connectivity index (χ3n) is 6.23. The van der Waals surface area contributed by atoms with Crippen molar-refractivity contribution in [1.29, 1.82) is 0 Å². The standard InChI is InChI=1S/C20H27FN2O3/c1-25-18-8-14-5-6-22-12-15(23-11-13(10-21)7-20(23)24)3-4-17(22)16(14)9-19(18)26-2/h8-9,13,15,17H,3-7,10-12H2,1-2H3/t13-,15?,17?/m1/s1. The van der Waals surface area contributed by atoms with Gasteiger partial charge >= 0.3 is 0 Å². The molecule has 2 fully saturated rings. The molecule has 3 atom stereocenters. The molecule has 4 rings (SSSR count). The SMILES string of the molecule is COc1cc2c(cc1OC)C1CCC(N3C[C@@H](CF)CC3=O)CN1CC2. The third-order valence-corrected chi connectivity index (χ3v) is 6.23. The summed E-state index contributed by atoms with van der Waals surface area (Å²) >= 11 is 0. The van der Waals surface area contributed by atoms with Gasteiger partial charge in [0, 0.05) is 44.1 Å². The van der Waals surface area contributed by atoms with Crippen molar-refractivity contribution < 1.29 is 18.7 Å². The number of halogens is 1. The number of ether oxygens (including phenoxy) is 2. The Bertz CT molecular complexity index is 696. The van der Waals surface area contributed by atoms with Crippen molar-refractivity contribution in [3.63, 3.8) is 0 Å². The van der Waals surface area contributed by atoms with Crippen molar-refractivity contribution in [1.82, 2.24) is 9.80 Å². The highest BCUT2D eigenvalue weighted by molar-refractivity contribution is 5.79. The summed E-state index contributed by atoms with van der Waals surface area (Å²) in [6.07, 6.45) is 3.33. The van der Waals surface area contributed by atoms with Gasteiger partial charge in [-0.1, -0.05) is 0 Å². The van der Waals surface area contributed by atoms with Crippen molar-refractivity contribution in [2.45, 2.75) is 37.8 Å². The van der Waals surface area contributed by atoms with Gasteiger partial charge in [0.25, 0.3) is 0 Å². The predicted molar refractivity (Wildman–Crippen MR) is 96.4 cm³/mol. The molecule has 3 aliphatic rings. The van der Waals surface area contributed by atoms with Gasteiger partial charge in [-0.2, -0.15) is 0 Å². The summed E-state index contributed by atoms with van der Waals surface area (Å²) in [4.78, 5) is 16.7. The van der Waals surface area contributed by atoms with Crippen LogP contribution in [0.3, 0.4) is 0 Å². The first kappa shape index (κ1) is 17.6. The number of benzene rings is 1. The molecule has 3 aliphatic heterocycles. The highest BCUT2D eigenvalue weighted by atomic mass is 19.1. The van der Waals surface area contributed by atoms with Crippen LogP contribution in [0.4, 0.5) is 4.39 Å². The smallest absolute Gasteiger partial charge is 0.223 e. The van der Waals surface area contributed by atoms with Crippen LogP contribution >= 0.6 is 0 Å².